The molecule has 1 heterocycles. The first-order chi connectivity index (χ1) is 7.84. The van der Waals surface area contributed by atoms with Crippen molar-refractivity contribution in [1.29, 1.82) is 0 Å². The maximum atomic E-state index is 5.89. The number of aromatic nitrogens is 2. The molecule has 0 aliphatic carbocycles. The highest BCUT2D eigenvalue weighted by Gasteiger charge is 1.99. The Morgan fingerprint density at radius 1 is 1.38 bits per heavy atom. The molecule has 1 aromatic heterocycles. The fourth-order valence-corrected chi connectivity index (χ4v) is 1.34. The third-order valence-corrected chi connectivity index (χ3v) is 2.34. The van der Waals surface area contributed by atoms with Gasteiger partial charge in [0.2, 0.25) is 0 Å². The van der Waals surface area contributed by atoms with Crippen LogP contribution in [0.5, 0.6) is 0 Å². The second-order valence-corrected chi connectivity index (χ2v) is 3.87. The van der Waals surface area contributed by atoms with Crippen LogP contribution in [-0.2, 0) is 4.74 Å². The van der Waals surface area contributed by atoms with Crippen molar-refractivity contribution in [3.63, 3.8) is 0 Å². The first-order valence-corrected chi connectivity index (χ1v) is 5.99. The normalized spacial score (nSPS) is 10.4. The first kappa shape index (κ1) is 13.2. The second-order valence-electron chi connectivity index (χ2n) is 3.47. The van der Waals surface area contributed by atoms with E-state index in [-0.39, 0.29) is 0 Å². The Hall–Kier alpha value is -0.870. The molecule has 90 valence electrons. The number of anilines is 1. The van der Waals surface area contributed by atoms with Gasteiger partial charge in [0.15, 0.2) is 0 Å². The molecule has 1 rings (SSSR count). The van der Waals surface area contributed by atoms with E-state index >= 15 is 0 Å². The van der Waals surface area contributed by atoms with Crippen LogP contribution in [0.3, 0.4) is 0 Å². The van der Waals surface area contributed by atoms with E-state index in [1.807, 2.05) is 0 Å². The molecule has 5 heteroatoms. The summed E-state index contributed by atoms with van der Waals surface area (Å²) in [6, 6.07) is 0. The highest BCUT2D eigenvalue weighted by atomic mass is 35.5. The summed E-state index contributed by atoms with van der Waals surface area (Å²) in [4.78, 5) is 7.85. The molecule has 0 saturated carbocycles. The van der Waals surface area contributed by atoms with Crippen LogP contribution < -0.4 is 5.32 Å². The van der Waals surface area contributed by atoms with Gasteiger partial charge in [-0.25, -0.2) is 9.97 Å². The molecule has 0 radical (unpaired) electrons. The Bertz CT molecular complexity index is 296. The third kappa shape index (κ3) is 5.28. The molecular formula is C11H18ClN3O. The van der Waals surface area contributed by atoms with Gasteiger partial charge in [0.1, 0.15) is 17.2 Å². The molecular weight excluding hydrogens is 226 g/mol. The predicted octanol–water partition coefficient (Wildman–Crippen LogP) is 2.75. The minimum Gasteiger partial charge on any atom is -0.381 e. The number of hydrogen-bond acceptors (Lipinski definition) is 4. The molecule has 1 aromatic rings. The quantitative estimate of drug-likeness (QED) is 0.714. The maximum absolute atomic E-state index is 5.89. The number of ether oxygens (including phenoxy) is 1. The fourth-order valence-electron chi connectivity index (χ4n) is 1.17. The van der Waals surface area contributed by atoms with Crippen LogP contribution in [0, 0.1) is 0 Å². The molecule has 0 aliphatic heterocycles. The van der Waals surface area contributed by atoms with Gasteiger partial charge in [0, 0.05) is 19.8 Å². The molecule has 0 atom stereocenters. The molecule has 0 spiro atoms. The van der Waals surface area contributed by atoms with E-state index in [2.05, 4.69) is 22.2 Å². The first-order valence-electron chi connectivity index (χ1n) is 5.61. The number of unbranched alkanes of at least 4 members (excludes halogenated alkanes) is 1. The van der Waals surface area contributed by atoms with Crippen molar-refractivity contribution in [1.82, 2.24) is 9.97 Å². The van der Waals surface area contributed by atoms with Crippen LogP contribution in [0.1, 0.15) is 26.2 Å². The molecule has 4 nitrogen and oxygen atoms in total. The maximum Gasteiger partial charge on any atom is 0.148 e. The van der Waals surface area contributed by atoms with E-state index in [9.17, 15) is 0 Å². The van der Waals surface area contributed by atoms with E-state index in [0.717, 1.165) is 32.6 Å². The highest BCUT2D eigenvalue weighted by Crippen LogP contribution is 2.15. The lowest BCUT2D eigenvalue weighted by molar-refractivity contribution is 0.131. The Morgan fingerprint density at radius 3 is 2.94 bits per heavy atom. The monoisotopic (exact) mass is 243 g/mol. The molecule has 1 N–H and O–H groups in total. The highest BCUT2D eigenvalue weighted by molar-refractivity contribution is 6.32. The largest absolute Gasteiger partial charge is 0.381 e. The zero-order valence-electron chi connectivity index (χ0n) is 9.58. The van der Waals surface area contributed by atoms with Crippen LogP contribution >= 0.6 is 11.6 Å². The summed E-state index contributed by atoms with van der Waals surface area (Å²) in [6.45, 7) is 4.59. The van der Waals surface area contributed by atoms with E-state index in [1.165, 1.54) is 12.7 Å². The van der Waals surface area contributed by atoms with E-state index in [1.54, 1.807) is 6.20 Å². The van der Waals surface area contributed by atoms with E-state index < -0.39 is 0 Å². The van der Waals surface area contributed by atoms with Crippen LogP contribution in [0.15, 0.2) is 12.5 Å². The lowest BCUT2D eigenvalue weighted by Gasteiger charge is -2.06. The summed E-state index contributed by atoms with van der Waals surface area (Å²) in [7, 11) is 0. The number of nitrogens with zero attached hydrogens (tertiary/aromatic N) is 2. The van der Waals surface area contributed by atoms with Crippen LogP contribution in [0.25, 0.3) is 0 Å². The van der Waals surface area contributed by atoms with Gasteiger partial charge in [-0.2, -0.15) is 0 Å². The van der Waals surface area contributed by atoms with Crippen molar-refractivity contribution < 1.29 is 4.74 Å². The smallest absolute Gasteiger partial charge is 0.148 e. The Balaban J connectivity index is 2.05. The van der Waals surface area contributed by atoms with Gasteiger partial charge in [0.05, 0.1) is 6.20 Å². The zero-order chi connectivity index (χ0) is 11.6. The minimum absolute atomic E-state index is 0.550. The molecule has 0 fully saturated rings. The van der Waals surface area contributed by atoms with Gasteiger partial charge in [0.25, 0.3) is 0 Å². The van der Waals surface area contributed by atoms with Gasteiger partial charge in [-0.05, 0) is 12.8 Å². The number of halogens is 1. The van der Waals surface area contributed by atoms with Crippen molar-refractivity contribution in [3.05, 3.63) is 17.5 Å². The van der Waals surface area contributed by atoms with E-state index in [4.69, 9.17) is 16.3 Å². The van der Waals surface area contributed by atoms with Crippen molar-refractivity contribution in [2.75, 3.05) is 25.1 Å². The van der Waals surface area contributed by atoms with Gasteiger partial charge < -0.3 is 10.1 Å². The molecule has 0 aromatic carbocycles. The van der Waals surface area contributed by atoms with Crippen molar-refractivity contribution >= 4 is 17.4 Å². The average molecular weight is 244 g/mol. The Labute approximate surface area is 101 Å². The Kier molecular flexibility index (Phi) is 6.85. The summed E-state index contributed by atoms with van der Waals surface area (Å²) >= 11 is 5.89. The predicted molar refractivity (Wildman–Crippen MR) is 65.9 cm³/mol. The van der Waals surface area contributed by atoms with Gasteiger partial charge >= 0.3 is 0 Å². The molecule has 0 bridgehead atoms. The minimum atomic E-state index is 0.550. The van der Waals surface area contributed by atoms with Gasteiger partial charge in [-0.1, -0.05) is 24.9 Å². The molecule has 0 saturated heterocycles. The van der Waals surface area contributed by atoms with Crippen molar-refractivity contribution in [2.24, 2.45) is 0 Å². The van der Waals surface area contributed by atoms with Crippen LogP contribution in [-0.4, -0.2) is 29.7 Å². The van der Waals surface area contributed by atoms with Crippen molar-refractivity contribution in [3.8, 4) is 0 Å². The molecule has 0 unspecified atom stereocenters. The number of hydrogen-bond donors (Lipinski definition) is 1. The second kappa shape index (κ2) is 8.30. The molecule has 0 amide bonds. The Morgan fingerprint density at radius 2 is 2.19 bits per heavy atom. The SMILES string of the molecule is CCCCOCCCNc1ncncc1Cl. The average Bonchev–Trinajstić information content (AvgIpc) is 2.30. The standard InChI is InChI=1S/C11H18ClN3O/c1-2-3-6-16-7-4-5-14-11-10(12)8-13-9-15-11/h8-9H,2-7H2,1H3,(H,13,14,15). The lowest BCUT2D eigenvalue weighted by atomic mass is 10.3. The fraction of sp³-hybridized carbons (Fsp3) is 0.636. The van der Waals surface area contributed by atoms with Crippen LogP contribution in [0.2, 0.25) is 5.02 Å². The van der Waals surface area contributed by atoms with Gasteiger partial charge in [-0.15, -0.1) is 0 Å². The summed E-state index contributed by atoms with van der Waals surface area (Å²) in [5.74, 6) is 0.685. The van der Waals surface area contributed by atoms with Crippen molar-refractivity contribution in [2.45, 2.75) is 26.2 Å². The summed E-state index contributed by atoms with van der Waals surface area (Å²) in [5, 5.41) is 3.69. The topological polar surface area (TPSA) is 47.0 Å². The molecule has 16 heavy (non-hydrogen) atoms. The summed E-state index contributed by atoms with van der Waals surface area (Å²) < 4.78 is 5.44. The zero-order valence-corrected chi connectivity index (χ0v) is 10.3. The lowest BCUT2D eigenvalue weighted by Crippen LogP contribution is -2.07. The number of rotatable bonds is 8. The van der Waals surface area contributed by atoms with Gasteiger partial charge in [-0.3, -0.25) is 0 Å². The summed E-state index contributed by atoms with van der Waals surface area (Å²) in [5.41, 5.74) is 0. The van der Waals surface area contributed by atoms with Crippen LogP contribution in [0.4, 0.5) is 5.82 Å². The third-order valence-electron chi connectivity index (χ3n) is 2.07. The molecule has 0 aliphatic rings. The van der Waals surface area contributed by atoms with E-state index in [0.29, 0.717) is 10.8 Å². The number of nitrogens with one attached hydrogen (secondary N) is 1. The summed E-state index contributed by atoms with van der Waals surface area (Å²) in [6.07, 6.45) is 6.31.